The summed E-state index contributed by atoms with van der Waals surface area (Å²) in [6, 6.07) is 6.38. The Balaban J connectivity index is 2.16. The van der Waals surface area contributed by atoms with Gasteiger partial charge in [-0.3, -0.25) is 15.5 Å². The minimum absolute atomic E-state index is 0.0362. The van der Waals surface area contributed by atoms with Crippen molar-refractivity contribution < 1.29 is 18.1 Å². The van der Waals surface area contributed by atoms with E-state index in [4.69, 9.17) is 11.6 Å². The largest absolute Gasteiger partial charge is 0.417 e. The fourth-order valence-corrected chi connectivity index (χ4v) is 1.91. The van der Waals surface area contributed by atoms with Crippen molar-refractivity contribution >= 4 is 28.8 Å². The van der Waals surface area contributed by atoms with Crippen molar-refractivity contribution in [3.05, 3.63) is 62.8 Å². The van der Waals surface area contributed by atoms with E-state index < -0.39 is 16.7 Å². The molecule has 0 aliphatic rings. The second-order valence-electron chi connectivity index (χ2n) is 4.67. The molecule has 2 aromatic rings. The number of alkyl halides is 3. The van der Waals surface area contributed by atoms with Crippen LogP contribution < -0.4 is 5.43 Å². The molecule has 0 saturated carbocycles. The predicted octanol–water partition coefficient (Wildman–Crippen LogP) is 4.50. The smallest absolute Gasteiger partial charge is 0.260 e. The highest BCUT2D eigenvalue weighted by Crippen LogP contribution is 2.32. The van der Waals surface area contributed by atoms with Crippen molar-refractivity contribution in [2.45, 2.75) is 13.1 Å². The van der Waals surface area contributed by atoms with E-state index in [9.17, 15) is 23.3 Å². The van der Waals surface area contributed by atoms with Gasteiger partial charge in [-0.25, -0.2) is 4.98 Å². The van der Waals surface area contributed by atoms with Crippen LogP contribution in [0.2, 0.25) is 5.02 Å². The molecule has 0 amide bonds. The first kappa shape index (κ1) is 17.7. The average Bonchev–Trinajstić information content (AvgIpc) is 2.52. The summed E-state index contributed by atoms with van der Waals surface area (Å²) in [4.78, 5) is 13.6. The highest BCUT2D eigenvalue weighted by molar-refractivity contribution is 6.33. The number of nitro groups is 1. The lowest BCUT2D eigenvalue weighted by atomic mass is 10.1. The lowest BCUT2D eigenvalue weighted by Gasteiger charge is -2.09. The summed E-state index contributed by atoms with van der Waals surface area (Å²) >= 11 is 5.75. The molecule has 1 aromatic heterocycles. The number of nitrogens with one attached hydrogen (secondary N) is 1. The molecule has 0 radical (unpaired) electrons. The van der Waals surface area contributed by atoms with Crippen molar-refractivity contribution in [3.8, 4) is 0 Å². The van der Waals surface area contributed by atoms with Crippen molar-refractivity contribution in [1.29, 1.82) is 0 Å². The van der Waals surface area contributed by atoms with E-state index >= 15 is 0 Å². The Morgan fingerprint density at radius 2 is 1.96 bits per heavy atom. The third-order valence-corrected chi connectivity index (χ3v) is 3.28. The molecular weight excluding hydrogens is 349 g/mol. The summed E-state index contributed by atoms with van der Waals surface area (Å²) in [6.45, 7) is 1.62. The Hall–Kier alpha value is -2.68. The molecule has 24 heavy (non-hydrogen) atoms. The molecule has 0 aliphatic heterocycles. The maximum absolute atomic E-state index is 12.5. The number of hydrazone groups is 1. The van der Waals surface area contributed by atoms with Gasteiger partial charge in [0.15, 0.2) is 5.82 Å². The van der Waals surface area contributed by atoms with E-state index in [-0.39, 0.29) is 16.5 Å². The summed E-state index contributed by atoms with van der Waals surface area (Å²) in [5.74, 6) is -0.0362. The number of nitrogens with zero attached hydrogens (tertiary/aromatic N) is 3. The Kier molecular flexibility index (Phi) is 5.03. The summed E-state index contributed by atoms with van der Waals surface area (Å²) in [5, 5.41) is 14.3. The Morgan fingerprint density at radius 1 is 1.33 bits per heavy atom. The molecule has 1 N–H and O–H groups in total. The second-order valence-corrected chi connectivity index (χ2v) is 5.07. The van der Waals surface area contributed by atoms with Crippen LogP contribution in [0.15, 0.2) is 41.6 Å². The van der Waals surface area contributed by atoms with Crippen LogP contribution >= 0.6 is 11.6 Å². The zero-order valence-electron chi connectivity index (χ0n) is 12.1. The van der Waals surface area contributed by atoms with Crippen molar-refractivity contribution in [2.75, 3.05) is 5.43 Å². The highest BCUT2D eigenvalue weighted by atomic mass is 35.5. The van der Waals surface area contributed by atoms with Gasteiger partial charge in [0.2, 0.25) is 0 Å². The number of rotatable bonds is 4. The van der Waals surface area contributed by atoms with Crippen LogP contribution in [0.1, 0.15) is 18.1 Å². The molecule has 0 aliphatic carbocycles. The van der Waals surface area contributed by atoms with E-state index in [2.05, 4.69) is 15.5 Å². The fourth-order valence-electron chi connectivity index (χ4n) is 1.70. The lowest BCUT2D eigenvalue weighted by Crippen LogP contribution is -2.07. The number of aromatic nitrogens is 1. The van der Waals surface area contributed by atoms with Gasteiger partial charge >= 0.3 is 6.18 Å². The first-order valence-electron chi connectivity index (χ1n) is 6.46. The molecule has 0 spiro atoms. The Morgan fingerprint density at radius 3 is 2.46 bits per heavy atom. The monoisotopic (exact) mass is 358 g/mol. The van der Waals surface area contributed by atoms with E-state index in [1.165, 1.54) is 24.3 Å². The van der Waals surface area contributed by atoms with Gasteiger partial charge < -0.3 is 0 Å². The number of anilines is 1. The van der Waals surface area contributed by atoms with Crippen LogP contribution in [0.3, 0.4) is 0 Å². The van der Waals surface area contributed by atoms with E-state index in [0.717, 1.165) is 6.07 Å². The van der Waals surface area contributed by atoms with Gasteiger partial charge in [0.05, 0.1) is 21.2 Å². The summed E-state index contributed by atoms with van der Waals surface area (Å²) in [7, 11) is 0. The maximum atomic E-state index is 12.5. The first-order valence-corrected chi connectivity index (χ1v) is 6.84. The maximum Gasteiger partial charge on any atom is 0.417 e. The Labute approximate surface area is 139 Å². The minimum atomic E-state index is -4.53. The van der Waals surface area contributed by atoms with Crippen molar-refractivity contribution in [2.24, 2.45) is 5.10 Å². The molecule has 10 heteroatoms. The molecule has 6 nitrogen and oxygen atoms in total. The van der Waals surface area contributed by atoms with Gasteiger partial charge in [0.1, 0.15) is 0 Å². The summed E-state index contributed by atoms with van der Waals surface area (Å²) < 4.78 is 37.6. The minimum Gasteiger partial charge on any atom is -0.260 e. The number of hydrogen-bond acceptors (Lipinski definition) is 5. The van der Waals surface area contributed by atoms with Gasteiger partial charge in [-0.2, -0.15) is 18.3 Å². The average molecular weight is 359 g/mol. The van der Waals surface area contributed by atoms with E-state index in [0.29, 0.717) is 17.5 Å². The predicted molar refractivity (Wildman–Crippen MR) is 83.2 cm³/mol. The summed E-state index contributed by atoms with van der Waals surface area (Å²) in [6.07, 6.45) is -3.89. The zero-order chi connectivity index (χ0) is 17.9. The van der Waals surface area contributed by atoms with Gasteiger partial charge in [-0.15, -0.1) is 0 Å². The van der Waals surface area contributed by atoms with E-state index in [1.54, 1.807) is 6.92 Å². The molecule has 0 saturated heterocycles. The van der Waals surface area contributed by atoms with Gasteiger partial charge in [-0.1, -0.05) is 11.6 Å². The highest BCUT2D eigenvalue weighted by Gasteiger charge is 2.31. The van der Waals surface area contributed by atoms with Crippen LogP contribution in [0.25, 0.3) is 0 Å². The molecule has 0 atom stereocenters. The van der Waals surface area contributed by atoms with Crippen LogP contribution in [0, 0.1) is 10.1 Å². The van der Waals surface area contributed by atoms with Gasteiger partial charge in [-0.05, 0) is 30.7 Å². The molecule has 126 valence electrons. The van der Waals surface area contributed by atoms with Crippen LogP contribution in [0.5, 0.6) is 0 Å². The van der Waals surface area contributed by atoms with Crippen molar-refractivity contribution in [3.63, 3.8) is 0 Å². The molecular formula is C14H10ClF3N4O2. The normalized spacial score (nSPS) is 12.1. The molecule has 1 heterocycles. The molecule has 0 bridgehead atoms. The third-order valence-electron chi connectivity index (χ3n) is 2.99. The molecule has 1 aromatic carbocycles. The van der Waals surface area contributed by atoms with E-state index in [1.807, 2.05) is 0 Å². The number of benzene rings is 1. The zero-order valence-corrected chi connectivity index (χ0v) is 12.9. The standard InChI is InChI=1S/C14H10ClF3N4O2/c1-8(9-2-4-11(5-3-9)22(23)24)20-21-13-12(15)6-10(7-19-13)14(16,17)18/h2-7H,1H3,(H,19,21)/b20-8-. The molecule has 0 fully saturated rings. The van der Waals surface area contributed by atoms with Gasteiger partial charge in [0, 0.05) is 18.3 Å². The fraction of sp³-hybridized carbons (Fsp3) is 0.143. The number of non-ortho nitro benzene ring substituents is 1. The quantitative estimate of drug-likeness (QED) is 0.495. The van der Waals surface area contributed by atoms with Crippen LogP contribution in [-0.2, 0) is 6.18 Å². The second kappa shape index (κ2) is 6.83. The molecule has 2 rings (SSSR count). The van der Waals surface area contributed by atoms with Crippen LogP contribution in [0.4, 0.5) is 24.7 Å². The topological polar surface area (TPSA) is 80.4 Å². The van der Waals surface area contributed by atoms with Crippen LogP contribution in [-0.4, -0.2) is 15.6 Å². The first-order chi connectivity index (χ1) is 11.2. The SMILES string of the molecule is C/C(=N/Nc1ncc(C(F)(F)F)cc1Cl)c1ccc([N+](=O)[O-])cc1. The number of hydrogen-bond donors (Lipinski definition) is 1. The molecule has 0 unspecified atom stereocenters. The third kappa shape index (κ3) is 4.19. The number of pyridine rings is 1. The van der Waals surface area contributed by atoms with Gasteiger partial charge in [0.25, 0.3) is 5.69 Å². The number of nitro benzene ring substituents is 1. The Bertz CT molecular complexity index is 792. The van der Waals surface area contributed by atoms with Crippen molar-refractivity contribution in [1.82, 2.24) is 4.98 Å². The lowest BCUT2D eigenvalue weighted by molar-refractivity contribution is -0.384. The number of halogens is 4. The summed E-state index contributed by atoms with van der Waals surface area (Å²) in [5.41, 5.74) is 2.48.